The number of aliphatic hydroxyl groups is 1. The normalized spacial score (nSPS) is 37.6. The highest BCUT2D eigenvalue weighted by molar-refractivity contribution is 5.75. The Hall–Kier alpha value is -0.890. The average Bonchev–Trinajstić information content (AvgIpc) is 2.29. The van der Waals surface area contributed by atoms with Gasteiger partial charge >= 0.3 is 0 Å². The molecule has 0 aromatic carbocycles. The maximum absolute atomic E-state index is 11.2. The first-order chi connectivity index (χ1) is 7.99. The SMILES string of the molecule is C=C(C)[C@H]1CC2=C(C=O)CCC[C@]2(C)[C@@H](O)C1. The zero-order valence-electron chi connectivity index (χ0n) is 10.8. The van der Waals surface area contributed by atoms with E-state index in [9.17, 15) is 9.90 Å². The second-order valence-electron chi connectivity index (χ2n) is 5.89. The topological polar surface area (TPSA) is 37.3 Å². The predicted octanol–water partition coefficient (Wildman–Crippen LogP) is 3.02. The van der Waals surface area contributed by atoms with Gasteiger partial charge in [-0.2, -0.15) is 0 Å². The lowest BCUT2D eigenvalue weighted by molar-refractivity contribution is -0.105. The molecule has 0 saturated heterocycles. The molecule has 1 N–H and O–H groups in total. The molecule has 94 valence electrons. The molecule has 17 heavy (non-hydrogen) atoms. The van der Waals surface area contributed by atoms with Gasteiger partial charge in [-0.25, -0.2) is 0 Å². The molecule has 0 radical (unpaired) electrons. The summed E-state index contributed by atoms with van der Waals surface area (Å²) in [5, 5.41) is 10.4. The number of fused-ring (bicyclic) bond motifs is 1. The molecular weight excluding hydrogens is 212 g/mol. The van der Waals surface area contributed by atoms with Crippen LogP contribution in [-0.2, 0) is 4.79 Å². The Morgan fingerprint density at radius 1 is 1.59 bits per heavy atom. The molecule has 0 spiro atoms. The van der Waals surface area contributed by atoms with Crippen molar-refractivity contribution >= 4 is 6.29 Å². The minimum absolute atomic E-state index is 0.166. The third kappa shape index (κ3) is 1.99. The maximum atomic E-state index is 11.2. The molecule has 2 heteroatoms. The van der Waals surface area contributed by atoms with Crippen LogP contribution >= 0.6 is 0 Å². The van der Waals surface area contributed by atoms with E-state index in [1.807, 2.05) is 6.92 Å². The fourth-order valence-electron chi connectivity index (χ4n) is 3.41. The quantitative estimate of drug-likeness (QED) is 0.589. The van der Waals surface area contributed by atoms with Gasteiger partial charge in [-0.05, 0) is 50.5 Å². The largest absolute Gasteiger partial charge is 0.392 e. The van der Waals surface area contributed by atoms with Crippen LogP contribution in [0.5, 0.6) is 0 Å². The second kappa shape index (κ2) is 4.41. The molecule has 0 unspecified atom stereocenters. The van der Waals surface area contributed by atoms with Gasteiger partial charge in [0.25, 0.3) is 0 Å². The molecule has 2 aliphatic rings. The Balaban J connectivity index is 2.41. The molecule has 0 bridgehead atoms. The summed E-state index contributed by atoms with van der Waals surface area (Å²) in [5.74, 6) is 0.334. The van der Waals surface area contributed by atoms with Crippen molar-refractivity contribution < 1.29 is 9.90 Å². The summed E-state index contributed by atoms with van der Waals surface area (Å²) >= 11 is 0. The van der Waals surface area contributed by atoms with E-state index in [1.54, 1.807) is 0 Å². The van der Waals surface area contributed by atoms with Crippen LogP contribution in [0.15, 0.2) is 23.3 Å². The van der Waals surface area contributed by atoms with Crippen molar-refractivity contribution in [3.63, 3.8) is 0 Å². The van der Waals surface area contributed by atoms with Gasteiger partial charge in [0.1, 0.15) is 6.29 Å². The number of aliphatic hydroxyl groups excluding tert-OH is 1. The first kappa shape index (κ1) is 12.6. The van der Waals surface area contributed by atoms with Crippen molar-refractivity contribution in [3.05, 3.63) is 23.3 Å². The number of hydrogen-bond acceptors (Lipinski definition) is 2. The number of carbonyl (C=O) groups excluding carboxylic acids is 1. The van der Waals surface area contributed by atoms with Crippen LogP contribution in [0.2, 0.25) is 0 Å². The van der Waals surface area contributed by atoms with Crippen LogP contribution in [0.25, 0.3) is 0 Å². The highest BCUT2D eigenvalue weighted by atomic mass is 16.3. The van der Waals surface area contributed by atoms with Crippen LogP contribution in [-0.4, -0.2) is 17.5 Å². The van der Waals surface area contributed by atoms with Gasteiger partial charge in [0.15, 0.2) is 0 Å². The van der Waals surface area contributed by atoms with Crippen LogP contribution in [0.3, 0.4) is 0 Å². The highest BCUT2D eigenvalue weighted by Crippen LogP contribution is 2.51. The lowest BCUT2D eigenvalue weighted by Crippen LogP contribution is -2.43. The van der Waals surface area contributed by atoms with Crippen molar-refractivity contribution in [1.29, 1.82) is 0 Å². The smallest absolute Gasteiger partial charge is 0.145 e. The Morgan fingerprint density at radius 3 is 2.88 bits per heavy atom. The molecule has 0 aliphatic heterocycles. The lowest BCUT2D eigenvalue weighted by Gasteiger charge is -2.47. The molecule has 2 rings (SSSR count). The Bertz CT molecular complexity index is 380. The molecule has 0 heterocycles. The van der Waals surface area contributed by atoms with Crippen LogP contribution in [0.4, 0.5) is 0 Å². The minimum Gasteiger partial charge on any atom is -0.392 e. The summed E-state index contributed by atoms with van der Waals surface area (Å²) in [4.78, 5) is 11.2. The zero-order valence-corrected chi connectivity index (χ0v) is 10.8. The van der Waals surface area contributed by atoms with Crippen molar-refractivity contribution in [2.75, 3.05) is 0 Å². The van der Waals surface area contributed by atoms with E-state index < -0.39 is 0 Å². The molecule has 0 aromatic heterocycles. The van der Waals surface area contributed by atoms with Crippen molar-refractivity contribution in [3.8, 4) is 0 Å². The summed E-state index contributed by atoms with van der Waals surface area (Å²) in [7, 11) is 0. The Morgan fingerprint density at radius 2 is 2.29 bits per heavy atom. The van der Waals surface area contributed by atoms with Crippen LogP contribution in [0.1, 0.15) is 46.0 Å². The molecule has 0 aromatic rings. The van der Waals surface area contributed by atoms with E-state index in [2.05, 4.69) is 13.5 Å². The summed E-state index contributed by atoms with van der Waals surface area (Å²) in [6.45, 7) is 8.14. The monoisotopic (exact) mass is 234 g/mol. The third-order valence-electron chi connectivity index (χ3n) is 4.75. The van der Waals surface area contributed by atoms with Crippen molar-refractivity contribution in [2.45, 2.75) is 52.1 Å². The summed E-state index contributed by atoms with van der Waals surface area (Å²) in [5.41, 5.74) is 3.09. The molecule has 0 amide bonds. The fourth-order valence-corrected chi connectivity index (χ4v) is 3.41. The molecule has 3 atom stereocenters. The van der Waals surface area contributed by atoms with Gasteiger partial charge in [-0.15, -0.1) is 0 Å². The first-order valence-electron chi connectivity index (χ1n) is 6.50. The molecule has 1 saturated carbocycles. The summed E-state index contributed by atoms with van der Waals surface area (Å²) in [6, 6.07) is 0. The Kier molecular flexibility index (Phi) is 3.26. The average molecular weight is 234 g/mol. The fraction of sp³-hybridized carbons (Fsp3) is 0.667. The van der Waals surface area contributed by atoms with E-state index in [1.165, 1.54) is 5.57 Å². The van der Waals surface area contributed by atoms with Gasteiger partial charge in [0.05, 0.1) is 6.10 Å². The van der Waals surface area contributed by atoms with Gasteiger partial charge in [-0.1, -0.05) is 24.6 Å². The number of hydrogen-bond donors (Lipinski definition) is 1. The maximum Gasteiger partial charge on any atom is 0.145 e. The first-order valence-corrected chi connectivity index (χ1v) is 6.50. The van der Waals surface area contributed by atoms with Crippen LogP contribution < -0.4 is 0 Å². The second-order valence-corrected chi connectivity index (χ2v) is 5.89. The highest BCUT2D eigenvalue weighted by Gasteiger charge is 2.45. The van der Waals surface area contributed by atoms with E-state index in [-0.39, 0.29) is 11.5 Å². The predicted molar refractivity (Wildman–Crippen MR) is 68.6 cm³/mol. The molecule has 1 fully saturated rings. The Labute approximate surface area is 103 Å². The number of rotatable bonds is 2. The van der Waals surface area contributed by atoms with E-state index in [0.717, 1.165) is 49.5 Å². The van der Waals surface area contributed by atoms with Gasteiger partial charge in [0, 0.05) is 5.41 Å². The van der Waals surface area contributed by atoms with Gasteiger partial charge < -0.3 is 5.11 Å². The van der Waals surface area contributed by atoms with E-state index in [0.29, 0.717) is 5.92 Å². The van der Waals surface area contributed by atoms with E-state index >= 15 is 0 Å². The number of allylic oxidation sites excluding steroid dienone is 2. The molecule has 2 aliphatic carbocycles. The van der Waals surface area contributed by atoms with Gasteiger partial charge in [0.2, 0.25) is 0 Å². The summed E-state index contributed by atoms with van der Waals surface area (Å²) in [6.07, 6.45) is 5.28. The standard InChI is InChI=1S/C15H22O2/c1-10(2)12-7-13-11(9-16)5-4-6-15(13,3)14(17)8-12/h9,12,14,17H,1,4-8H2,2-3H3/t12-,14-,15-/m0/s1. The summed E-state index contributed by atoms with van der Waals surface area (Å²) < 4.78 is 0. The third-order valence-corrected chi connectivity index (χ3v) is 4.75. The number of aldehydes is 1. The lowest BCUT2D eigenvalue weighted by atomic mass is 9.59. The minimum atomic E-state index is -0.330. The molecular formula is C15H22O2. The van der Waals surface area contributed by atoms with Crippen LogP contribution in [0, 0.1) is 11.3 Å². The van der Waals surface area contributed by atoms with Gasteiger partial charge in [-0.3, -0.25) is 4.79 Å². The van der Waals surface area contributed by atoms with Crippen molar-refractivity contribution in [1.82, 2.24) is 0 Å². The zero-order chi connectivity index (χ0) is 12.6. The van der Waals surface area contributed by atoms with Crippen molar-refractivity contribution in [2.24, 2.45) is 11.3 Å². The number of carbonyl (C=O) groups is 1. The molecule has 2 nitrogen and oxygen atoms in total. The van der Waals surface area contributed by atoms with E-state index in [4.69, 9.17) is 0 Å².